The Kier molecular flexibility index (Phi) is 7.77. The molecule has 8 N–H and O–H groups in total. The molecule has 0 saturated carbocycles. The minimum atomic E-state index is 0.701. The molecule has 6 nitrogen and oxygen atoms in total. The van der Waals surface area contributed by atoms with Gasteiger partial charge in [-0.15, -0.1) is 0 Å². The predicted octanol–water partition coefficient (Wildman–Crippen LogP) is 3.70. The Morgan fingerprint density at radius 1 is 1.06 bits per heavy atom. The van der Waals surface area contributed by atoms with Crippen molar-refractivity contribution in [3.8, 4) is 0 Å². The number of hydrazine groups is 1. The Labute approximate surface area is 194 Å². The number of aromatic nitrogens is 2. The first-order chi connectivity index (χ1) is 15.3. The molecule has 0 radical (unpaired) electrons. The van der Waals surface area contributed by atoms with Crippen LogP contribution in [0.2, 0.25) is 0 Å². The van der Waals surface area contributed by atoms with Gasteiger partial charge in [-0.2, -0.15) is 0 Å². The molecule has 0 amide bonds. The lowest BCUT2D eigenvalue weighted by Gasteiger charge is -2.10. The number of fused-ring (bicyclic) bond motifs is 1. The monoisotopic (exact) mass is 450 g/mol. The Morgan fingerprint density at radius 2 is 1.78 bits per heavy atom. The summed E-state index contributed by atoms with van der Waals surface area (Å²) in [5.41, 5.74) is 16.0. The van der Waals surface area contributed by atoms with Gasteiger partial charge in [-0.1, -0.05) is 38.2 Å². The second kappa shape index (κ2) is 10.5. The lowest BCUT2D eigenvalue weighted by Crippen LogP contribution is -2.28. The summed E-state index contributed by atoms with van der Waals surface area (Å²) in [6, 6.07) is 8.31. The first-order valence-corrected chi connectivity index (χ1v) is 11.4. The second-order valence-corrected chi connectivity index (χ2v) is 8.87. The van der Waals surface area contributed by atoms with Gasteiger partial charge in [-0.3, -0.25) is 5.84 Å². The fourth-order valence-corrected chi connectivity index (χ4v) is 4.23. The number of nitrogens with two attached hydrogens (primary N) is 2. The molecule has 3 rings (SSSR count). The van der Waals surface area contributed by atoms with E-state index >= 15 is 0 Å². The fraction of sp³-hybridized carbons (Fsp3) is 0.320. The number of thiocarbonyl (C=S) groups is 1. The summed E-state index contributed by atoms with van der Waals surface area (Å²) in [7, 11) is 0. The van der Waals surface area contributed by atoms with Crippen LogP contribution in [0.5, 0.6) is 0 Å². The van der Waals surface area contributed by atoms with Crippen molar-refractivity contribution in [1.82, 2.24) is 15.4 Å². The van der Waals surface area contributed by atoms with E-state index in [4.69, 9.17) is 23.8 Å². The minimum Gasteiger partial charge on any atom is -0.396 e. The van der Waals surface area contributed by atoms with Gasteiger partial charge >= 0.3 is 0 Å². The maximum atomic E-state index is 6.59. The van der Waals surface area contributed by atoms with Crippen molar-refractivity contribution < 1.29 is 0 Å². The molecule has 3 aromatic rings. The lowest BCUT2D eigenvalue weighted by atomic mass is 10.1. The number of hydrogen-bond acceptors (Lipinski definition) is 4. The van der Waals surface area contributed by atoms with Crippen LogP contribution in [0.3, 0.4) is 0 Å². The van der Waals surface area contributed by atoms with E-state index in [2.05, 4.69) is 59.0 Å². The van der Waals surface area contributed by atoms with Crippen molar-refractivity contribution in [2.45, 2.75) is 52.4 Å². The number of aryl methyl sites for hydroxylation is 2. The number of unbranched alkanes of at least 4 members (excludes halogenated alkanes) is 3. The zero-order chi connectivity index (χ0) is 23.3. The van der Waals surface area contributed by atoms with Gasteiger partial charge in [0, 0.05) is 38.5 Å². The predicted molar refractivity (Wildman–Crippen MR) is 140 cm³/mol. The second-order valence-electron chi connectivity index (χ2n) is 8.37. The molecule has 0 spiro atoms. The van der Waals surface area contributed by atoms with Crippen molar-refractivity contribution in [3.63, 3.8) is 0 Å². The first kappa shape index (κ1) is 23.6. The number of anilines is 1. The van der Waals surface area contributed by atoms with Crippen LogP contribution in [0, 0.1) is 13.8 Å². The maximum Gasteiger partial charge on any atom is 0.0893 e. The average molecular weight is 451 g/mol. The highest BCUT2D eigenvalue weighted by atomic mass is 32.1. The summed E-state index contributed by atoms with van der Waals surface area (Å²) < 4.78 is 0. The van der Waals surface area contributed by atoms with E-state index in [1.54, 1.807) is 0 Å². The van der Waals surface area contributed by atoms with Gasteiger partial charge in [0.25, 0.3) is 0 Å². The Morgan fingerprint density at radius 3 is 2.44 bits per heavy atom. The van der Waals surface area contributed by atoms with E-state index in [1.807, 2.05) is 13.0 Å². The molecule has 0 aliphatic rings. The molecule has 2 heterocycles. The smallest absolute Gasteiger partial charge is 0.0893 e. The normalized spacial score (nSPS) is 12.1. The van der Waals surface area contributed by atoms with Crippen molar-refractivity contribution in [1.29, 1.82) is 0 Å². The van der Waals surface area contributed by atoms with E-state index in [9.17, 15) is 0 Å². The highest BCUT2D eigenvalue weighted by molar-refractivity contribution is 7.80. The van der Waals surface area contributed by atoms with Gasteiger partial charge in [0.05, 0.1) is 16.4 Å². The van der Waals surface area contributed by atoms with Crippen LogP contribution < -0.4 is 32.9 Å². The summed E-state index contributed by atoms with van der Waals surface area (Å²) in [4.78, 5) is 7.44. The highest BCUT2D eigenvalue weighted by Gasteiger charge is 2.10. The standard InChI is InChI=1S/C25H34N6S/c1-15-13-17(3)29-25(15)24(26)23-18(4)30-21-12-11-19(14-20(21)23)28-16(2)9-7-5-6-8-10-22(32)31-27/h11-14,28-30H,2,4-10,26-27H2,1,3H3,(H,31,32)/b24-23-. The minimum absolute atomic E-state index is 0.701. The Balaban J connectivity index is 1.70. The summed E-state index contributed by atoms with van der Waals surface area (Å²) in [5.74, 6) is 5.30. The molecule has 0 bridgehead atoms. The van der Waals surface area contributed by atoms with E-state index in [0.29, 0.717) is 5.70 Å². The van der Waals surface area contributed by atoms with E-state index in [0.717, 1.165) is 93.3 Å². The van der Waals surface area contributed by atoms with Gasteiger partial charge in [-0.25, -0.2) is 0 Å². The quantitative estimate of drug-likeness (QED) is 0.122. The number of allylic oxidation sites excluding steroid dienone is 1. The average Bonchev–Trinajstić information content (AvgIpc) is 3.26. The fourth-order valence-electron chi connectivity index (χ4n) is 4.08. The Bertz CT molecular complexity index is 1230. The lowest BCUT2D eigenvalue weighted by molar-refractivity contribution is 0.650. The number of hydrogen-bond donors (Lipinski definition) is 6. The molecule has 0 saturated heterocycles. The van der Waals surface area contributed by atoms with Crippen molar-refractivity contribution >= 4 is 46.1 Å². The molecule has 0 atom stereocenters. The van der Waals surface area contributed by atoms with Crippen molar-refractivity contribution in [2.75, 3.05) is 5.32 Å². The molecule has 1 aromatic carbocycles. The number of H-pyrrole nitrogens is 2. The van der Waals surface area contributed by atoms with Gasteiger partial charge in [0.2, 0.25) is 0 Å². The molecule has 170 valence electrons. The van der Waals surface area contributed by atoms with Crippen molar-refractivity contribution in [3.05, 3.63) is 64.1 Å². The third-order valence-electron chi connectivity index (χ3n) is 5.68. The number of aromatic amines is 2. The number of rotatable bonds is 10. The van der Waals surface area contributed by atoms with Crippen LogP contribution >= 0.6 is 12.2 Å². The van der Waals surface area contributed by atoms with E-state index < -0.39 is 0 Å². The number of benzene rings is 1. The largest absolute Gasteiger partial charge is 0.396 e. The third-order valence-corrected chi connectivity index (χ3v) is 6.00. The van der Waals surface area contributed by atoms with Crippen LogP contribution in [0.4, 0.5) is 5.69 Å². The van der Waals surface area contributed by atoms with Gasteiger partial charge in [-0.05, 0) is 69.4 Å². The van der Waals surface area contributed by atoms with Crippen LogP contribution in [-0.2, 0) is 0 Å². The third kappa shape index (κ3) is 5.60. The van der Waals surface area contributed by atoms with Gasteiger partial charge < -0.3 is 26.4 Å². The van der Waals surface area contributed by atoms with E-state index in [-0.39, 0.29) is 0 Å². The van der Waals surface area contributed by atoms with Crippen molar-refractivity contribution in [2.24, 2.45) is 11.6 Å². The Hall–Kier alpha value is -3.03. The molecular weight excluding hydrogens is 416 g/mol. The molecular formula is C25H34N6S. The highest BCUT2D eigenvalue weighted by Crippen LogP contribution is 2.19. The molecule has 7 heteroatoms. The summed E-state index contributed by atoms with van der Waals surface area (Å²) in [6.45, 7) is 12.5. The zero-order valence-electron chi connectivity index (χ0n) is 19.0. The topological polar surface area (TPSA) is 108 Å². The van der Waals surface area contributed by atoms with Crippen LogP contribution in [0.25, 0.3) is 23.2 Å². The molecule has 0 aliphatic heterocycles. The van der Waals surface area contributed by atoms with E-state index in [1.165, 1.54) is 0 Å². The first-order valence-electron chi connectivity index (χ1n) is 11.0. The maximum absolute atomic E-state index is 6.59. The van der Waals surface area contributed by atoms with Crippen LogP contribution in [0.15, 0.2) is 36.5 Å². The van der Waals surface area contributed by atoms with Crippen LogP contribution in [0.1, 0.15) is 55.5 Å². The van der Waals surface area contributed by atoms with Gasteiger partial charge in [0.15, 0.2) is 0 Å². The summed E-state index contributed by atoms with van der Waals surface area (Å²) in [6.07, 6.45) is 6.18. The summed E-state index contributed by atoms with van der Waals surface area (Å²) in [5, 5.41) is 6.24. The molecule has 0 fully saturated rings. The molecule has 0 unspecified atom stereocenters. The summed E-state index contributed by atoms with van der Waals surface area (Å²) >= 11 is 5.07. The molecule has 32 heavy (non-hydrogen) atoms. The van der Waals surface area contributed by atoms with Gasteiger partial charge in [0.1, 0.15) is 0 Å². The number of nitrogens with one attached hydrogen (secondary N) is 4. The zero-order valence-corrected chi connectivity index (χ0v) is 19.8. The molecule has 2 aromatic heterocycles. The van der Waals surface area contributed by atoms with Crippen LogP contribution in [-0.4, -0.2) is 15.0 Å². The SMILES string of the molecule is C=C(CCCCCCC(=S)NN)Nc1ccc2[nH]c(=C)/c(=C(/N)c3[nH]c(C)cc3C)c2c1. The molecule has 0 aliphatic carbocycles.